The summed E-state index contributed by atoms with van der Waals surface area (Å²) in [6, 6.07) is 0. The first-order valence-corrected chi connectivity index (χ1v) is 3.39. The number of aromatic nitrogens is 1. The molecule has 0 spiro atoms. The van der Waals surface area contributed by atoms with Crippen LogP contribution in [-0.4, -0.2) is 15.2 Å². The standard InChI is InChI=1S/C5H7NO2S/c7-1-4-5(2-8)9-3-6-4/h3,7-8H,1-2H2. The molecule has 1 heterocycles. The van der Waals surface area contributed by atoms with Gasteiger partial charge in [-0.3, -0.25) is 0 Å². The summed E-state index contributed by atoms with van der Waals surface area (Å²) in [6.07, 6.45) is 0. The molecule has 0 aliphatic carbocycles. The first kappa shape index (κ1) is 6.67. The van der Waals surface area contributed by atoms with E-state index in [1.165, 1.54) is 11.3 Å². The van der Waals surface area contributed by atoms with Crippen LogP contribution in [0.5, 0.6) is 0 Å². The Morgan fingerprint density at radius 1 is 1.44 bits per heavy atom. The van der Waals surface area contributed by atoms with E-state index in [4.69, 9.17) is 10.2 Å². The van der Waals surface area contributed by atoms with Crippen molar-refractivity contribution < 1.29 is 10.2 Å². The number of aliphatic hydroxyl groups excluding tert-OH is 2. The van der Waals surface area contributed by atoms with Gasteiger partial charge in [-0.1, -0.05) is 0 Å². The molecule has 1 rings (SSSR count). The van der Waals surface area contributed by atoms with Crippen LogP contribution in [-0.2, 0) is 13.2 Å². The van der Waals surface area contributed by atoms with Crippen LogP contribution in [0.3, 0.4) is 0 Å². The van der Waals surface area contributed by atoms with Crippen LogP contribution in [0, 0.1) is 0 Å². The lowest BCUT2D eigenvalue weighted by Gasteiger charge is -1.90. The van der Waals surface area contributed by atoms with Crippen molar-refractivity contribution in [2.45, 2.75) is 13.2 Å². The van der Waals surface area contributed by atoms with Crippen molar-refractivity contribution in [2.75, 3.05) is 0 Å². The fourth-order valence-electron chi connectivity index (χ4n) is 0.551. The van der Waals surface area contributed by atoms with E-state index < -0.39 is 0 Å². The zero-order valence-corrected chi connectivity index (χ0v) is 5.56. The first-order chi connectivity index (χ1) is 4.38. The third-order valence-corrected chi connectivity index (χ3v) is 1.88. The highest BCUT2D eigenvalue weighted by Gasteiger charge is 2.00. The maximum absolute atomic E-state index is 8.60. The van der Waals surface area contributed by atoms with Crippen LogP contribution in [0.1, 0.15) is 10.6 Å². The molecule has 9 heavy (non-hydrogen) atoms. The summed E-state index contributed by atoms with van der Waals surface area (Å²) in [4.78, 5) is 4.56. The normalized spacial score (nSPS) is 10.0. The number of hydrogen-bond acceptors (Lipinski definition) is 4. The summed E-state index contributed by atoms with van der Waals surface area (Å²) in [7, 11) is 0. The van der Waals surface area contributed by atoms with Gasteiger partial charge < -0.3 is 10.2 Å². The SMILES string of the molecule is OCc1ncsc1CO. The van der Waals surface area contributed by atoms with Crippen molar-refractivity contribution in [1.29, 1.82) is 0 Å². The van der Waals surface area contributed by atoms with Crippen LogP contribution in [0.4, 0.5) is 0 Å². The number of thiazole rings is 1. The molecular formula is C5H7NO2S. The molecule has 0 amide bonds. The van der Waals surface area contributed by atoms with E-state index in [0.29, 0.717) is 5.69 Å². The quantitative estimate of drug-likeness (QED) is 0.621. The molecule has 0 saturated heterocycles. The Balaban J connectivity index is 2.85. The van der Waals surface area contributed by atoms with Gasteiger partial charge in [0, 0.05) is 0 Å². The highest BCUT2D eigenvalue weighted by atomic mass is 32.1. The molecule has 0 atom stereocenters. The third-order valence-electron chi connectivity index (χ3n) is 1.02. The maximum Gasteiger partial charge on any atom is 0.0865 e. The predicted octanol–water partition coefficient (Wildman–Crippen LogP) is 0.128. The van der Waals surface area contributed by atoms with Gasteiger partial charge in [0.25, 0.3) is 0 Å². The fourth-order valence-corrected chi connectivity index (χ4v) is 1.19. The summed E-state index contributed by atoms with van der Waals surface area (Å²) in [5.74, 6) is 0. The summed E-state index contributed by atoms with van der Waals surface area (Å²) >= 11 is 1.35. The summed E-state index contributed by atoms with van der Waals surface area (Å²) in [5.41, 5.74) is 2.19. The molecule has 0 aliphatic heterocycles. The smallest absolute Gasteiger partial charge is 0.0865 e. The molecule has 0 bridgehead atoms. The molecule has 0 saturated carbocycles. The Labute approximate surface area is 56.6 Å². The molecule has 50 valence electrons. The maximum atomic E-state index is 8.60. The highest BCUT2D eigenvalue weighted by molar-refractivity contribution is 7.09. The van der Waals surface area contributed by atoms with Crippen molar-refractivity contribution in [1.82, 2.24) is 4.98 Å². The molecule has 4 heteroatoms. The van der Waals surface area contributed by atoms with Gasteiger partial charge in [0.1, 0.15) is 0 Å². The molecule has 0 fully saturated rings. The van der Waals surface area contributed by atoms with Crippen LogP contribution < -0.4 is 0 Å². The summed E-state index contributed by atoms with van der Waals surface area (Å²) in [6.45, 7) is -0.111. The first-order valence-electron chi connectivity index (χ1n) is 2.51. The van der Waals surface area contributed by atoms with Gasteiger partial charge in [0.2, 0.25) is 0 Å². The zero-order chi connectivity index (χ0) is 6.69. The van der Waals surface area contributed by atoms with E-state index in [-0.39, 0.29) is 13.2 Å². The monoisotopic (exact) mass is 145 g/mol. The Morgan fingerprint density at radius 2 is 2.22 bits per heavy atom. The fraction of sp³-hybridized carbons (Fsp3) is 0.400. The second-order valence-corrected chi connectivity index (χ2v) is 2.48. The van der Waals surface area contributed by atoms with Gasteiger partial charge in [-0.2, -0.15) is 0 Å². The lowest BCUT2D eigenvalue weighted by atomic mass is 10.4. The van der Waals surface area contributed by atoms with Gasteiger partial charge in [-0.05, 0) is 0 Å². The molecule has 0 aromatic carbocycles. The number of nitrogens with zero attached hydrogens (tertiary/aromatic N) is 1. The molecular weight excluding hydrogens is 138 g/mol. The number of rotatable bonds is 2. The summed E-state index contributed by atoms with van der Waals surface area (Å²) in [5, 5.41) is 17.2. The van der Waals surface area contributed by atoms with E-state index in [1.54, 1.807) is 5.51 Å². The van der Waals surface area contributed by atoms with Crippen molar-refractivity contribution in [3.05, 3.63) is 16.1 Å². The van der Waals surface area contributed by atoms with Crippen LogP contribution in [0.15, 0.2) is 5.51 Å². The Hall–Kier alpha value is -0.450. The van der Waals surface area contributed by atoms with Gasteiger partial charge in [-0.15, -0.1) is 11.3 Å². The van der Waals surface area contributed by atoms with Gasteiger partial charge in [0.15, 0.2) is 0 Å². The average molecular weight is 145 g/mol. The van der Waals surface area contributed by atoms with E-state index in [2.05, 4.69) is 4.98 Å². The van der Waals surface area contributed by atoms with Crippen LogP contribution in [0.2, 0.25) is 0 Å². The average Bonchev–Trinajstić information content (AvgIpc) is 2.33. The lowest BCUT2D eigenvalue weighted by molar-refractivity contribution is 0.259. The van der Waals surface area contributed by atoms with E-state index in [0.717, 1.165) is 4.88 Å². The minimum absolute atomic E-state index is 0.0272. The van der Waals surface area contributed by atoms with E-state index in [9.17, 15) is 0 Å². The molecule has 0 unspecified atom stereocenters. The van der Waals surface area contributed by atoms with Crippen LogP contribution in [0.25, 0.3) is 0 Å². The Kier molecular flexibility index (Phi) is 2.16. The minimum Gasteiger partial charge on any atom is -0.391 e. The molecule has 1 aromatic heterocycles. The molecule has 2 N–H and O–H groups in total. The second kappa shape index (κ2) is 2.91. The largest absolute Gasteiger partial charge is 0.391 e. The molecule has 0 aliphatic rings. The lowest BCUT2D eigenvalue weighted by Crippen LogP contribution is -1.88. The van der Waals surface area contributed by atoms with Crippen molar-refractivity contribution in [2.24, 2.45) is 0 Å². The second-order valence-electron chi connectivity index (χ2n) is 1.54. The summed E-state index contributed by atoms with van der Waals surface area (Å²) < 4.78 is 0. The predicted molar refractivity (Wildman–Crippen MR) is 34.0 cm³/mol. The number of aliphatic hydroxyl groups is 2. The Bertz CT molecular complexity index is 168. The topological polar surface area (TPSA) is 53.4 Å². The van der Waals surface area contributed by atoms with Crippen molar-refractivity contribution in [3.8, 4) is 0 Å². The zero-order valence-electron chi connectivity index (χ0n) is 4.74. The molecule has 0 radical (unpaired) electrons. The highest BCUT2D eigenvalue weighted by Crippen LogP contribution is 2.11. The minimum atomic E-state index is -0.0839. The molecule has 3 nitrogen and oxygen atoms in total. The number of hydrogen-bond donors (Lipinski definition) is 2. The van der Waals surface area contributed by atoms with Crippen molar-refractivity contribution >= 4 is 11.3 Å². The van der Waals surface area contributed by atoms with Gasteiger partial charge in [-0.25, -0.2) is 4.98 Å². The van der Waals surface area contributed by atoms with Crippen molar-refractivity contribution in [3.63, 3.8) is 0 Å². The Morgan fingerprint density at radius 3 is 2.67 bits per heavy atom. The van der Waals surface area contributed by atoms with Gasteiger partial charge in [0.05, 0.1) is 29.3 Å². The third kappa shape index (κ3) is 1.27. The van der Waals surface area contributed by atoms with E-state index >= 15 is 0 Å². The van der Waals surface area contributed by atoms with E-state index in [1.807, 2.05) is 0 Å². The van der Waals surface area contributed by atoms with Crippen LogP contribution >= 0.6 is 11.3 Å². The molecule has 1 aromatic rings. The van der Waals surface area contributed by atoms with Gasteiger partial charge >= 0.3 is 0 Å².